The van der Waals surface area contributed by atoms with Gasteiger partial charge in [-0.15, -0.1) is 0 Å². The molecule has 1 amide bonds. The molecule has 22 heavy (non-hydrogen) atoms. The van der Waals surface area contributed by atoms with E-state index in [4.69, 9.17) is 16.3 Å². The van der Waals surface area contributed by atoms with Gasteiger partial charge in [0.1, 0.15) is 5.75 Å². The van der Waals surface area contributed by atoms with Crippen LogP contribution in [0, 0.1) is 13.8 Å². The van der Waals surface area contributed by atoms with Crippen molar-refractivity contribution in [1.82, 2.24) is 4.90 Å². The minimum Gasteiger partial charge on any atom is -0.483 e. The predicted octanol–water partition coefficient (Wildman–Crippen LogP) is 3.99. The number of carbonyl (C=O) groups is 1. The smallest absolute Gasteiger partial charge is 0.260 e. The number of halogens is 1. The van der Waals surface area contributed by atoms with E-state index in [1.54, 1.807) is 11.9 Å². The molecule has 2 aromatic rings. The molecule has 0 aliphatic heterocycles. The molecule has 0 unspecified atom stereocenters. The van der Waals surface area contributed by atoms with Crippen LogP contribution in [0.1, 0.15) is 16.7 Å². The Balaban J connectivity index is 1.93. The lowest BCUT2D eigenvalue weighted by molar-refractivity contribution is -0.132. The van der Waals surface area contributed by atoms with Crippen molar-refractivity contribution in [3.63, 3.8) is 0 Å². The van der Waals surface area contributed by atoms with Gasteiger partial charge in [-0.05, 0) is 42.7 Å². The molecule has 0 radical (unpaired) electrons. The number of benzene rings is 2. The summed E-state index contributed by atoms with van der Waals surface area (Å²) in [6.45, 7) is 4.52. The molecule has 0 saturated heterocycles. The Morgan fingerprint density at radius 3 is 2.27 bits per heavy atom. The lowest BCUT2D eigenvalue weighted by atomic mass is 10.1. The van der Waals surface area contributed by atoms with E-state index in [1.807, 2.05) is 56.3 Å². The number of hydrogen-bond acceptors (Lipinski definition) is 2. The van der Waals surface area contributed by atoms with Gasteiger partial charge in [0, 0.05) is 18.6 Å². The SMILES string of the molecule is Cc1cccc(C)c1OCC(=O)N(C)Cc1ccc(Cl)cc1. The number of nitrogens with zero attached hydrogens (tertiary/aromatic N) is 1. The topological polar surface area (TPSA) is 29.5 Å². The molecule has 116 valence electrons. The molecule has 0 saturated carbocycles. The van der Waals surface area contributed by atoms with E-state index in [0.29, 0.717) is 11.6 Å². The summed E-state index contributed by atoms with van der Waals surface area (Å²) >= 11 is 5.86. The van der Waals surface area contributed by atoms with Gasteiger partial charge in [-0.3, -0.25) is 4.79 Å². The zero-order valence-corrected chi connectivity index (χ0v) is 13.9. The highest BCUT2D eigenvalue weighted by molar-refractivity contribution is 6.30. The molecule has 0 spiro atoms. The minimum atomic E-state index is -0.0578. The highest BCUT2D eigenvalue weighted by Gasteiger charge is 2.12. The van der Waals surface area contributed by atoms with E-state index in [1.165, 1.54) is 0 Å². The molecule has 2 aromatic carbocycles. The fourth-order valence-corrected chi connectivity index (χ4v) is 2.35. The van der Waals surface area contributed by atoms with Crippen LogP contribution in [0.2, 0.25) is 5.02 Å². The first kappa shape index (κ1) is 16.4. The summed E-state index contributed by atoms with van der Waals surface area (Å²) in [7, 11) is 1.77. The maximum Gasteiger partial charge on any atom is 0.260 e. The normalized spacial score (nSPS) is 10.4. The quantitative estimate of drug-likeness (QED) is 0.834. The van der Waals surface area contributed by atoms with Crippen LogP contribution in [0.15, 0.2) is 42.5 Å². The largest absolute Gasteiger partial charge is 0.483 e. The van der Waals surface area contributed by atoms with Crippen molar-refractivity contribution in [3.8, 4) is 5.75 Å². The zero-order chi connectivity index (χ0) is 16.1. The molecule has 0 atom stereocenters. The monoisotopic (exact) mass is 317 g/mol. The van der Waals surface area contributed by atoms with Gasteiger partial charge >= 0.3 is 0 Å². The first-order valence-corrected chi connectivity index (χ1v) is 7.52. The Kier molecular flexibility index (Phi) is 5.45. The van der Waals surface area contributed by atoms with Crippen LogP contribution in [-0.2, 0) is 11.3 Å². The molecule has 0 heterocycles. The number of amides is 1. The number of rotatable bonds is 5. The standard InChI is InChI=1S/C18H20ClNO2/c1-13-5-4-6-14(2)18(13)22-12-17(21)20(3)11-15-7-9-16(19)10-8-15/h4-10H,11-12H2,1-3H3. The Morgan fingerprint density at radius 1 is 1.09 bits per heavy atom. The van der Waals surface area contributed by atoms with Crippen LogP contribution in [-0.4, -0.2) is 24.5 Å². The summed E-state index contributed by atoms with van der Waals surface area (Å²) in [5, 5.41) is 0.691. The third-order valence-corrected chi connectivity index (χ3v) is 3.76. The van der Waals surface area contributed by atoms with Gasteiger partial charge in [0.15, 0.2) is 6.61 Å². The van der Waals surface area contributed by atoms with Gasteiger partial charge in [0.2, 0.25) is 0 Å². The molecular formula is C18H20ClNO2. The van der Waals surface area contributed by atoms with Crippen LogP contribution in [0.3, 0.4) is 0 Å². The van der Waals surface area contributed by atoms with Gasteiger partial charge in [-0.2, -0.15) is 0 Å². The Bertz CT molecular complexity index is 632. The van der Waals surface area contributed by atoms with E-state index in [2.05, 4.69) is 0 Å². The van der Waals surface area contributed by atoms with Gasteiger partial charge in [-0.1, -0.05) is 41.9 Å². The van der Waals surface area contributed by atoms with E-state index in [9.17, 15) is 4.79 Å². The fourth-order valence-electron chi connectivity index (χ4n) is 2.22. The first-order valence-electron chi connectivity index (χ1n) is 7.15. The number of carbonyl (C=O) groups excluding carboxylic acids is 1. The summed E-state index contributed by atoms with van der Waals surface area (Å²) < 4.78 is 5.69. The van der Waals surface area contributed by atoms with Gasteiger partial charge < -0.3 is 9.64 Å². The van der Waals surface area contributed by atoms with Gasteiger partial charge in [-0.25, -0.2) is 0 Å². The molecule has 0 aliphatic carbocycles. The summed E-state index contributed by atoms with van der Waals surface area (Å²) in [5.74, 6) is 0.730. The van der Waals surface area contributed by atoms with Crippen molar-refractivity contribution in [1.29, 1.82) is 0 Å². The Labute approximate surface area is 136 Å². The average molecular weight is 318 g/mol. The van der Waals surface area contributed by atoms with Gasteiger partial charge in [0.05, 0.1) is 0 Å². The van der Waals surface area contributed by atoms with Crippen LogP contribution >= 0.6 is 11.6 Å². The third kappa shape index (κ3) is 4.25. The van der Waals surface area contributed by atoms with E-state index in [0.717, 1.165) is 22.4 Å². The van der Waals surface area contributed by atoms with Crippen LogP contribution in [0.4, 0.5) is 0 Å². The Morgan fingerprint density at radius 2 is 1.68 bits per heavy atom. The van der Waals surface area contributed by atoms with E-state index in [-0.39, 0.29) is 12.5 Å². The molecule has 0 N–H and O–H groups in total. The first-order chi connectivity index (χ1) is 10.5. The summed E-state index contributed by atoms with van der Waals surface area (Å²) in [4.78, 5) is 13.8. The second-order valence-corrected chi connectivity index (χ2v) is 5.82. The Hall–Kier alpha value is -2.00. The van der Waals surface area contributed by atoms with Crippen LogP contribution in [0.25, 0.3) is 0 Å². The van der Waals surface area contributed by atoms with E-state index < -0.39 is 0 Å². The molecule has 0 bridgehead atoms. The number of likely N-dealkylation sites (N-methyl/N-ethyl adjacent to an activating group) is 1. The van der Waals surface area contributed by atoms with Crippen molar-refractivity contribution >= 4 is 17.5 Å². The number of ether oxygens (including phenoxy) is 1. The molecule has 0 aromatic heterocycles. The molecule has 2 rings (SSSR count). The minimum absolute atomic E-state index is 0.0375. The lowest BCUT2D eigenvalue weighted by Gasteiger charge is -2.18. The molecule has 0 aliphatic rings. The van der Waals surface area contributed by atoms with Crippen molar-refractivity contribution in [2.45, 2.75) is 20.4 Å². The van der Waals surface area contributed by atoms with Crippen molar-refractivity contribution in [2.75, 3.05) is 13.7 Å². The molecule has 3 nitrogen and oxygen atoms in total. The molecule has 4 heteroatoms. The van der Waals surface area contributed by atoms with Crippen molar-refractivity contribution < 1.29 is 9.53 Å². The van der Waals surface area contributed by atoms with Crippen LogP contribution in [0.5, 0.6) is 5.75 Å². The van der Waals surface area contributed by atoms with E-state index >= 15 is 0 Å². The second-order valence-electron chi connectivity index (χ2n) is 5.39. The maximum atomic E-state index is 12.2. The summed E-state index contributed by atoms with van der Waals surface area (Å²) in [6.07, 6.45) is 0. The summed E-state index contributed by atoms with van der Waals surface area (Å²) in [6, 6.07) is 13.4. The second kappa shape index (κ2) is 7.32. The highest BCUT2D eigenvalue weighted by atomic mass is 35.5. The average Bonchev–Trinajstić information content (AvgIpc) is 2.48. The highest BCUT2D eigenvalue weighted by Crippen LogP contribution is 2.22. The maximum absolute atomic E-state index is 12.2. The predicted molar refractivity (Wildman–Crippen MR) is 89.3 cm³/mol. The molecular weight excluding hydrogens is 298 g/mol. The molecule has 0 fully saturated rings. The van der Waals surface area contributed by atoms with Crippen molar-refractivity contribution in [3.05, 3.63) is 64.2 Å². The fraction of sp³-hybridized carbons (Fsp3) is 0.278. The number of aryl methyl sites for hydroxylation is 2. The van der Waals surface area contributed by atoms with Crippen molar-refractivity contribution in [2.24, 2.45) is 0 Å². The lowest BCUT2D eigenvalue weighted by Crippen LogP contribution is -2.31. The third-order valence-electron chi connectivity index (χ3n) is 3.51. The zero-order valence-electron chi connectivity index (χ0n) is 13.1. The summed E-state index contributed by atoms with van der Waals surface area (Å²) in [5.41, 5.74) is 3.11. The van der Waals surface area contributed by atoms with Gasteiger partial charge in [0.25, 0.3) is 5.91 Å². The number of para-hydroxylation sites is 1. The van der Waals surface area contributed by atoms with Crippen LogP contribution < -0.4 is 4.74 Å². The number of hydrogen-bond donors (Lipinski definition) is 0.